The zero-order valence-electron chi connectivity index (χ0n) is 9.83. The van der Waals surface area contributed by atoms with E-state index in [2.05, 4.69) is 20.9 Å². The number of hydrogen-bond donors (Lipinski definition) is 0. The molecule has 0 radical (unpaired) electrons. The summed E-state index contributed by atoms with van der Waals surface area (Å²) < 4.78 is 43.8. The third kappa shape index (κ3) is 3.47. The van der Waals surface area contributed by atoms with Crippen molar-refractivity contribution in [2.75, 3.05) is 0 Å². The Hall–Kier alpha value is -1.56. The van der Waals surface area contributed by atoms with Crippen molar-refractivity contribution in [3.8, 4) is 11.6 Å². The van der Waals surface area contributed by atoms with Crippen LogP contribution in [0.15, 0.2) is 41.0 Å². The van der Waals surface area contributed by atoms with Crippen LogP contribution in [-0.4, -0.2) is 4.98 Å². The molecule has 2 aromatic rings. The molecule has 0 N–H and O–H groups in total. The summed E-state index contributed by atoms with van der Waals surface area (Å²) in [5.41, 5.74) is -0.0217. The van der Waals surface area contributed by atoms with Crippen LogP contribution >= 0.6 is 15.9 Å². The maximum Gasteiger partial charge on any atom is 0.416 e. The van der Waals surface area contributed by atoms with Gasteiger partial charge in [-0.15, -0.1) is 0 Å². The maximum absolute atomic E-state index is 12.6. The van der Waals surface area contributed by atoms with Gasteiger partial charge in [-0.3, -0.25) is 0 Å². The molecule has 1 heterocycles. The lowest BCUT2D eigenvalue weighted by Gasteiger charge is -2.10. The molecule has 0 unspecified atom stereocenters. The molecule has 2 rings (SSSR count). The van der Waals surface area contributed by atoms with Crippen molar-refractivity contribution in [3.05, 3.63) is 52.1 Å². The van der Waals surface area contributed by atoms with E-state index in [9.17, 15) is 13.2 Å². The normalized spacial score (nSPS) is 11.4. The second-order valence-corrected chi connectivity index (χ2v) is 4.82. The number of benzene rings is 1. The van der Waals surface area contributed by atoms with E-state index < -0.39 is 11.7 Å². The molecule has 1 aromatic heterocycles. The van der Waals surface area contributed by atoms with Crippen LogP contribution in [0.5, 0.6) is 11.6 Å². The molecule has 2 nitrogen and oxygen atoms in total. The van der Waals surface area contributed by atoms with Crippen molar-refractivity contribution in [1.82, 2.24) is 4.98 Å². The second-order valence-electron chi connectivity index (χ2n) is 3.90. The summed E-state index contributed by atoms with van der Waals surface area (Å²) >= 11 is 3.25. The monoisotopic (exact) mass is 331 g/mol. The van der Waals surface area contributed by atoms with Gasteiger partial charge in [0.25, 0.3) is 0 Å². The van der Waals surface area contributed by atoms with Gasteiger partial charge in [-0.1, -0.05) is 6.07 Å². The molecule has 0 aliphatic carbocycles. The lowest BCUT2D eigenvalue weighted by molar-refractivity contribution is -0.137. The van der Waals surface area contributed by atoms with Gasteiger partial charge in [-0.25, -0.2) is 4.98 Å². The van der Waals surface area contributed by atoms with E-state index >= 15 is 0 Å². The van der Waals surface area contributed by atoms with Gasteiger partial charge in [0.2, 0.25) is 5.88 Å². The molecule has 0 fully saturated rings. The summed E-state index contributed by atoms with van der Waals surface area (Å²) in [5.74, 6) is 0.385. The first kappa shape index (κ1) is 13.9. The molecule has 0 saturated heterocycles. The van der Waals surface area contributed by atoms with Gasteiger partial charge in [0.1, 0.15) is 5.75 Å². The Bertz CT molecular complexity index is 599. The van der Waals surface area contributed by atoms with Crippen molar-refractivity contribution < 1.29 is 17.9 Å². The zero-order valence-corrected chi connectivity index (χ0v) is 11.4. The number of alkyl halides is 3. The molecule has 1 aromatic carbocycles. The average molecular weight is 332 g/mol. The van der Waals surface area contributed by atoms with Crippen LogP contribution in [0.25, 0.3) is 0 Å². The van der Waals surface area contributed by atoms with E-state index in [1.165, 1.54) is 18.3 Å². The fourth-order valence-corrected chi connectivity index (χ4v) is 1.93. The maximum atomic E-state index is 12.6. The third-order valence-corrected chi connectivity index (χ3v) is 2.81. The minimum absolute atomic E-state index is 0.104. The first-order chi connectivity index (χ1) is 8.86. The number of halogens is 4. The summed E-state index contributed by atoms with van der Waals surface area (Å²) in [7, 11) is 0. The SMILES string of the molecule is Cc1cc(Br)cnc1Oc1cccc(C(F)(F)F)c1. The van der Waals surface area contributed by atoms with Crippen molar-refractivity contribution in [2.45, 2.75) is 13.1 Å². The Morgan fingerprint density at radius 1 is 1.21 bits per heavy atom. The van der Waals surface area contributed by atoms with Gasteiger partial charge < -0.3 is 4.74 Å². The molecule has 0 amide bonds. The standard InChI is InChI=1S/C13H9BrF3NO/c1-8-5-10(14)7-18-12(8)19-11-4-2-3-9(6-11)13(15,16)17/h2-7H,1H3. The smallest absolute Gasteiger partial charge is 0.416 e. The Kier molecular flexibility index (Phi) is 3.80. The zero-order chi connectivity index (χ0) is 14.0. The Labute approximate surface area is 116 Å². The van der Waals surface area contributed by atoms with Gasteiger partial charge >= 0.3 is 6.18 Å². The Morgan fingerprint density at radius 2 is 1.95 bits per heavy atom. The van der Waals surface area contributed by atoms with Crippen LogP contribution in [0.3, 0.4) is 0 Å². The molecule has 0 bridgehead atoms. The van der Waals surface area contributed by atoms with E-state index in [0.29, 0.717) is 0 Å². The molecular weight excluding hydrogens is 323 g/mol. The average Bonchev–Trinajstić information content (AvgIpc) is 2.32. The summed E-state index contributed by atoms with van der Waals surface area (Å²) in [5, 5.41) is 0. The molecule has 0 saturated carbocycles. The van der Waals surface area contributed by atoms with E-state index in [0.717, 1.165) is 22.2 Å². The predicted octanol–water partition coefficient (Wildman–Crippen LogP) is 4.96. The van der Waals surface area contributed by atoms with E-state index in [1.807, 2.05) is 0 Å². The highest BCUT2D eigenvalue weighted by Gasteiger charge is 2.30. The van der Waals surface area contributed by atoms with Crippen LogP contribution in [-0.2, 0) is 6.18 Å². The largest absolute Gasteiger partial charge is 0.439 e. The van der Waals surface area contributed by atoms with Crippen LogP contribution in [0.4, 0.5) is 13.2 Å². The highest BCUT2D eigenvalue weighted by Crippen LogP contribution is 2.33. The van der Waals surface area contributed by atoms with Crippen LogP contribution in [0.2, 0.25) is 0 Å². The van der Waals surface area contributed by atoms with Crippen molar-refractivity contribution in [1.29, 1.82) is 0 Å². The lowest BCUT2D eigenvalue weighted by atomic mass is 10.2. The number of rotatable bonds is 2. The summed E-state index contributed by atoms with van der Waals surface area (Å²) in [6.45, 7) is 1.76. The van der Waals surface area contributed by atoms with Gasteiger partial charge in [0.15, 0.2) is 0 Å². The number of aromatic nitrogens is 1. The molecule has 0 spiro atoms. The van der Waals surface area contributed by atoms with Crippen LogP contribution in [0, 0.1) is 6.92 Å². The third-order valence-electron chi connectivity index (χ3n) is 2.37. The summed E-state index contributed by atoms with van der Waals surface area (Å²) in [6, 6.07) is 6.47. The highest BCUT2D eigenvalue weighted by molar-refractivity contribution is 9.10. The Balaban J connectivity index is 2.29. The van der Waals surface area contributed by atoms with E-state index in [-0.39, 0.29) is 11.6 Å². The minimum Gasteiger partial charge on any atom is -0.439 e. The van der Waals surface area contributed by atoms with Gasteiger partial charge in [0.05, 0.1) is 5.56 Å². The first-order valence-electron chi connectivity index (χ1n) is 5.33. The fourth-order valence-electron chi connectivity index (χ4n) is 1.48. The van der Waals surface area contributed by atoms with E-state index in [4.69, 9.17) is 4.74 Å². The molecule has 0 aliphatic heterocycles. The van der Waals surface area contributed by atoms with Crippen molar-refractivity contribution in [2.24, 2.45) is 0 Å². The van der Waals surface area contributed by atoms with Crippen molar-refractivity contribution in [3.63, 3.8) is 0 Å². The first-order valence-corrected chi connectivity index (χ1v) is 6.13. The summed E-state index contributed by atoms with van der Waals surface area (Å²) in [4.78, 5) is 4.01. The number of ether oxygens (including phenoxy) is 1. The topological polar surface area (TPSA) is 22.1 Å². The molecule has 0 atom stereocenters. The number of pyridine rings is 1. The van der Waals surface area contributed by atoms with Crippen LogP contribution in [0.1, 0.15) is 11.1 Å². The lowest BCUT2D eigenvalue weighted by Crippen LogP contribution is -2.04. The molecule has 6 heteroatoms. The highest BCUT2D eigenvalue weighted by atomic mass is 79.9. The second kappa shape index (κ2) is 5.21. The van der Waals surface area contributed by atoms with E-state index in [1.54, 1.807) is 13.0 Å². The van der Waals surface area contributed by atoms with Gasteiger partial charge in [-0.05, 0) is 47.1 Å². The van der Waals surface area contributed by atoms with Gasteiger partial charge in [-0.2, -0.15) is 13.2 Å². The number of aryl methyl sites for hydroxylation is 1. The number of hydrogen-bond acceptors (Lipinski definition) is 2. The molecule has 100 valence electrons. The minimum atomic E-state index is -4.39. The van der Waals surface area contributed by atoms with Crippen LogP contribution < -0.4 is 4.74 Å². The predicted molar refractivity (Wildman–Crippen MR) is 68.2 cm³/mol. The van der Waals surface area contributed by atoms with Crippen molar-refractivity contribution >= 4 is 15.9 Å². The molecule has 0 aliphatic rings. The Morgan fingerprint density at radius 3 is 2.58 bits per heavy atom. The van der Waals surface area contributed by atoms with Gasteiger partial charge in [0, 0.05) is 16.2 Å². The molecule has 19 heavy (non-hydrogen) atoms. The summed E-state index contributed by atoms with van der Waals surface area (Å²) in [6.07, 6.45) is -2.86. The number of nitrogens with zero attached hydrogens (tertiary/aromatic N) is 1. The molecular formula is C13H9BrF3NO. The fraction of sp³-hybridized carbons (Fsp3) is 0.154. The quantitative estimate of drug-likeness (QED) is 0.775.